The second-order valence-electron chi connectivity index (χ2n) is 29.5. The predicted octanol–water partition coefficient (Wildman–Crippen LogP) is 17.3. The molecule has 0 bridgehead atoms. The number of anilines is 12. The van der Waals surface area contributed by atoms with Crippen LogP contribution < -0.4 is 51.0 Å². The first kappa shape index (κ1) is 52.1. The smallest absolute Gasteiger partial charge is 0.264 e. The van der Waals surface area contributed by atoms with Gasteiger partial charge in [0, 0.05) is 76.2 Å². The van der Waals surface area contributed by atoms with E-state index in [9.17, 15) is 0 Å². The molecule has 0 amide bonds. The largest absolute Gasteiger partial charge is 0.311 e. The van der Waals surface area contributed by atoms with E-state index in [1.807, 2.05) is 22.7 Å². The van der Waals surface area contributed by atoms with Gasteiger partial charge in [-0.2, -0.15) is 22.7 Å². The second kappa shape index (κ2) is 17.4. The number of para-hydroxylation sites is 2. The Kier molecular flexibility index (Phi) is 11.1. The van der Waals surface area contributed by atoms with Gasteiger partial charge in [0.1, 0.15) is 0 Å². The number of hydrogen-bond donors (Lipinski definition) is 0. The van der Waals surface area contributed by atoms with Crippen molar-refractivity contribution in [3.05, 3.63) is 190 Å². The lowest BCUT2D eigenvalue weighted by molar-refractivity contribution is 0.332. The molecule has 2 aromatic heterocycles. The number of rotatable bonds is 4. The summed E-state index contributed by atoms with van der Waals surface area (Å²) in [5, 5.41) is 0. The fourth-order valence-electron chi connectivity index (χ4n) is 15.3. The molecule has 0 unspecified atom stereocenters. The van der Waals surface area contributed by atoms with Crippen LogP contribution in [0, 0.1) is 0 Å². The van der Waals surface area contributed by atoms with Crippen LogP contribution in [0.4, 0.5) is 68.2 Å². The molecule has 4 nitrogen and oxygen atoms in total. The van der Waals surface area contributed by atoms with E-state index in [1.54, 1.807) is 0 Å². The molecule has 4 aliphatic heterocycles. The summed E-state index contributed by atoms with van der Waals surface area (Å²) in [7, 11) is 0. The van der Waals surface area contributed by atoms with Gasteiger partial charge in [0.2, 0.25) is 0 Å². The van der Waals surface area contributed by atoms with Gasteiger partial charge in [-0.25, -0.2) is 0 Å². The van der Waals surface area contributed by atoms with Crippen LogP contribution in [0.3, 0.4) is 0 Å². The van der Waals surface area contributed by atoms with Gasteiger partial charge >= 0.3 is 0 Å². The van der Waals surface area contributed by atoms with Crippen LogP contribution in [0.25, 0.3) is 0 Å². The highest BCUT2D eigenvalue weighted by Crippen LogP contribution is 2.54. The van der Waals surface area contributed by atoms with Gasteiger partial charge in [-0.05, 0) is 193 Å². The van der Waals surface area contributed by atoms with Crippen LogP contribution in [-0.4, -0.2) is 13.4 Å². The summed E-state index contributed by atoms with van der Waals surface area (Å²) >= 11 is 4.06. The van der Waals surface area contributed by atoms with Crippen LogP contribution >= 0.6 is 22.7 Å². The van der Waals surface area contributed by atoms with Crippen molar-refractivity contribution in [2.75, 3.05) is 19.6 Å². The molecule has 6 aliphatic rings. The maximum atomic E-state index is 2.74. The van der Waals surface area contributed by atoms with Crippen LogP contribution in [0.2, 0.25) is 0 Å². The zero-order valence-corrected chi connectivity index (χ0v) is 52.2. The summed E-state index contributed by atoms with van der Waals surface area (Å²) in [4.78, 5) is 13.4. The summed E-state index contributed by atoms with van der Waals surface area (Å²) in [6.45, 7) is 34.0. The molecule has 6 heterocycles. The molecule has 2 aliphatic carbocycles. The molecular formula is C74H76B2N4S2. The highest BCUT2D eigenvalue weighted by atomic mass is 32.1. The SMILES string of the molecule is CC(C)(C)c1cc2c(s1)B1c3cc4c(cc3N(c3ccc5c(c3)C(C)(C)CCC5(C)C)c3cccc(c31)N2c1ccccc1)N(c1ccc2c(c1)C(C)(C)CCC2(C)C)c1cccc2c1B4c1sc(C(C)(C)C)cc1N2c1ccccc1. The van der Waals surface area contributed by atoms with Gasteiger partial charge in [-0.1, -0.05) is 164 Å². The van der Waals surface area contributed by atoms with Crippen molar-refractivity contribution in [2.45, 2.75) is 155 Å². The summed E-state index contributed by atoms with van der Waals surface area (Å²) in [5.41, 5.74) is 26.5. The monoisotopic (exact) mass is 1110 g/mol. The van der Waals surface area contributed by atoms with E-state index in [-0.39, 0.29) is 45.9 Å². The normalized spacial score (nSPS) is 18.2. The van der Waals surface area contributed by atoms with Crippen molar-refractivity contribution in [3.8, 4) is 0 Å². The molecule has 0 saturated carbocycles. The maximum Gasteiger partial charge on any atom is 0.264 e. The molecule has 82 heavy (non-hydrogen) atoms. The Hall–Kier alpha value is -6.73. The Morgan fingerprint density at radius 2 is 0.671 bits per heavy atom. The van der Waals surface area contributed by atoms with Crippen molar-refractivity contribution in [1.29, 1.82) is 0 Å². The lowest BCUT2D eigenvalue weighted by Gasteiger charge is -2.47. The Labute approximate surface area is 497 Å². The Morgan fingerprint density at radius 1 is 0.329 bits per heavy atom. The third kappa shape index (κ3) is 7.54. The summed E-state index contributed by atoms with van der Waals surface area (Å²) < 4.78 is 2.84. The van der Waals surface area contributed by atoms with Gasteiger partial charge in [0.15, 0.2) is 0 Å². The molecule has 0 radical (unpaired) electrons. The average Bonchev–Trinajstić information content (AvgIpc) is 4.30. The number of thiophene rings is 2. The Morgan fingerprint density at radius 3 is 1.02 bits per heavy atom. The number of fused-ring (bicyclic) bond motifs is 10. The van der Waals surface area contributed by atoms with Crippen molar-refractivity contribution >= 4 is 136 Å². The zero-order chi connectivity index (χ0) is 56.9. The van der Waals surface area contributed by atoms with Crippen LogP contribution in [-0.2, 0) is 32.5 Å². The van der Waals surface area contributed by atoms with Crippen molar-refractivity contribution in [2.24, 2.45) is 0 Å². The Bertz CT molecular complexity index is 3870. The lowest BCUT2D eigenvalue weighted by atomic mass is 9.32. The van der Waals surface area contributed by atoms with Crippen LogP contribution in [0.1, 0.15) is 155 Å². The van der Waals surface area contributed by atoms with Crippen LogP contribution in [0.15, 0.2) is 158 Å². The van der Waals surface area contributed by atoms with Crippen LogP contribution in [0.5, 0.6) is 0 Å². The third-order valence-corrected chi connectivity index (χ3v) is 23.4. The third-order valence-electron chi connectivity index (χ3n) is 20.1. The molecule has 0 spiro atoms. The van der Waals surface area contributed by atoms with E-state index in [2.05, 4.69) is 274 Å². The van der Waals surface area contributed by atoms with E-state index < -0.39 is 0 Å². The molecule has 7 aromatic carbocycles. The van der Waals surface area contributed by atoms with Gasteiger partial charge < -0.3 is 19.6 Å². The second-order valence-corrected chi connectivity index (χ2v) is 31.7. The minimum atomic E-state index is -0.0468. The summed E-state index contributed by atoms with van der Waals surface area (Å²) in [6, 6.07) is 62.3. The van der Waals surface area contributed by atoms with Crippen molar-refractivity contribution in [1.82, 2.24) is 0 Å². The van der Waals surface area contributed by atoms with E-state index >= 15 is 0 Å². The molecule has 0 N–H and O–H groups in total. The van der Waals surface area contributed by atoms with Gasteiger partial charge in [-0.3, -0.25) is 0 Å². The first-order chi connectivity index (χ1) is 38.9. The minimum Gasteiger partial charge on any atom is -0.311 e. The molecule has 0 atom stereocenters. The Balaban J connectivity index is 1.08. The predicted molar refractivity (Wildman–Crippen MR) is 358 cm³/mol. The summed E-state index contributed by atoms with van der Waals surface area (Å²) in [6.07, 6.45) is 4.67. The maximum absolute atomic E-state index is 2.74. The highest BCUT2D eigenvalue weighted by Gasteiger charge is 2.51. The molecule has 15 rings (SSSR count). The fourth-order valence-corrected chi connectivity index (χ4v) is 17.9. The topological polar surface area (TPSA) is 13.0 Å². The van der Waals surface area contributed by atoms with E-state index in [0.29, 0.717) is 0 Å². The minimum absolute atomic E-state index is 0.0129. The average molecular weight is 1110 g/mol. The van der Waals surface area contributed by atoms with Gasteiger partial charge in [0.25, 0.3) is 13.4 Å². The van der Waals surface area contributed by atoms with Gasteiger partial charge in [-0.15, -0.1) is 0 Å². The molecule has 8 heteroatoms. The zero-order valence-electron chi connectivity index (χ0n) is 50.6. The van der Waals surface area contributed by atoms with E-state index in [0.717, 1.165) is 12.8 Å². The van der Waals surface area contributed by atoms with Crippen molar-refractivity contribution < 1.29 is 0 Å². The molecule has 0 fully saturated rings. The molecule has 9 aromatic rings. The first-order valence-electron chi connectivity index (χ1n) is 30.2. The van der Waals surface area contributed by atoms with Gasteiger partial charge in [0.05, 0.1) is 11.4 Å². The highest BCUT2D eigenvalue weighted by molar-refractivity contribution is 7.30. The number of hydrogen-bond acceptors (Lipinski definition) is 6. The standard InChI is InChI=1S/C74H76B2N4S2/c1-69(2,3)63-43-61-67(81-63)75-53-41-54-60(42-59(53)79(47-31-33-49-51(39-47)73(11,12)37-35-71(49,7)8)57-29-21-27-55(65(57)75)77(61)45-23-17-15-18-24-45)80(48-32-34-50-52(40-48)74(13,14)38-36-72(50,9)10)58-30-22-28-56-66(58)76(54)68-62(44-64(82-68)70(4,5)6)78(56)46-25-19-16-20-26-46/h15-34,39-44H,35-38H2,1-14H3. The van der Waals surface area contributed by atoms with E-state index in [4.69, 9.17) is 0 Å². The lowest BCUT2D eigenvalue weighted by Crippen LogP contribution is -2.64. The van der Waals surface area contributed by atoms with Crippen molar-refractivity contribution in [3.63, 3.8) is 0 Å². The number of nitrogens with zero attached hydrogens (tertiary/aromatic N) is 4. The quantitative estimate of drug-likeness (QED) is 0.163. The molecule has 0 saturated heterocycles. The first-order valence-corrected chi connectivity index (χ1v) is 31.9. The number of benzene rings is 7. The summed E-state index contributed by atoms with van der Waals surface area (Å²) in [5.74, 6) is 0. The molecular weight excluding hydrogens is 1030 g/mol. The fraction of sp³-hybridized carbons (Fsp3) is 0.324. The van der Waals surface area contributed by atoms with E-state index in [1.165, 1.54) is 145 Å². The molecule has 410 valence electrons.